The molecular formula is C22H27N3O4S2. The lowest BCUT2D eigenvalue weighted by Gasteiger charge is -2.30. The molecule has 0 aliphatic carbocycles. The molecule has 9 heteroatoms. The van der Waals surface area contributed by atoms with Crippen molar-refractivity contribution in [3.05, 3.63) is 41.2 Å². The topological polar surface area (TPSA) is 81.0 Å². The zero-order valence-electron chi connectivity index (χ0n) is 17.8. The molecule has 1 atom stereocenters. The summed E-state index contributed by atoms with van der Waals surface area (Å²) in [6.45, 7) is 8.03. The number of fused-ring (bicyclic) bond motifs is 1. The SMILES string of the molecule is C=CCn1c(=NC(=O)CSCC(=O)N2CCCC(C)C2)sc2cc(C(=O)OC)ccc21. The number of nitrogens with zero attached hydrogens (tertiary/aromatic N) is 3. The van der Waals surface area contributed by atoms with Crippen LogP contribution in [0.1, 0.15) is 30.1 Å². The lowest BCUT2D eigenvalue weighted by molar-refractivity contribution is -0.130. The number of allylic oxidation sites excluding steroid dienone is 1. The number of carbonyl (C=O) groups excluding carboxylic acids is 3. The average Bonchev–Trinajstić information content (AvgIpc) is 3.09. The lowest BCUT2D eigenvalue weighted by atomic mass is 10.0. The highest BCUT2D eigenvalue weighted by Gasteiger charge is 2.21. The van der Waals surface area contributed by atoms with Crippen LogP contribution in [0.3, 0.4) is 0 Å². The number of benzene rings is 1. The van der Waals surface area contributed by atoms with Crippen LogP contribution in [-0.2, 0) is 20.9 Å². The van der Waals surface area contributed by atoms with E-state index in [1.54, 1.807) is 18.2 Å². The van der Waals surface area contributed by atoms with Gasteiger partial charge in [0, 0.05) is 19.6 Å². The van der Waals surface area contributed by atoms with E-state index in [2.05, 4.69) is 18.5 Å². The van der Waals surface area contributed by atoms with E-state index in [-0.39, 0.29) is 23.3 Å². The fourth-order valence-corrected chi connectivity index (χ4v) is 5.38. The molecular weight excluding hydrogens is 434 g/mol. The van der Waals surface area contributed by atoms with Gasteiger partial charge in [-0.05, 0) is 37.0 Å². The normalized spacial score (nSPS) is 17.0. The Balaban J connectivity index is 1.70. The van der Waals surface area contributed by atoms with Crippen molar-refractivity contribution in [3.63, 3.8) is 0 Å². The molecule has 1 fully saturated rings. The first-order chi connectivity index (χ1) is 14.9. The Labute approximate surface area is 189 Å². The first kappa shape index (κ1) is 23.3. The summed E-state index contributed by atoms with van der Waals surface area (Å²) in [7, 11) is 1.34. The number of piperidine rings is 1. The largest absolute Gasteiger partial charge is 0.465 e. The fourth-order valence-electron chi connectivity index (χ4n) is 3.58. The quantitative estimate of drug-likeness (QED) is 0.468. The maximum absolute atomic E-state index is 12.5. The summed E-state index contributed by atoms with van der Waals surface area (Å²) >= 11 is 2.63. The highest BCUT2D eigenvalue weighted by atomic mass is 32.2. The van der Waals surface area contributed by atoms with Gasteiger partial charge in [-0.25, -0.2) is 4.79 Å². The third-order valence-corrected chi connectivity index (χ3v) is 7.04. The number of esters is 1. The number of aromatic nitrogens is 1. The Morgan fingerprint density at radius 1 is 1.35 bits per heavy atom. The second-order valence-corrected chi connectivity index (χ2v) is 9.54. The van der Waals surface area contributed by atoms with E-state index in [9.17, 15) is 14.4 Å². The summed E-state index contributed by atoms with van der Waals surface area (Å²) in [4.78, 5) is 43.3. The summed E-state index contributed by atoms with van der Waals surface area (Å²) < 4.78 is 7.50. The summed E-state index contributed by atoms with van der Waals surface area (Å²) in [6, 6.07) is 5.25. The molecule has 31 heavy (non-hydrogen) atoms. The Morgan fingerprint density at radius 3 is 2.87 bits per heavy atom. The second kappa shape index (κ2) is 10.8. The van der Waals surface area contributed by atoms with Crippen LogP contribution in [0.2, 0.25) is 0 Å². The summed E-state index contributed by atoms with van der Waals surface area (Å²) in [5, 5.41) is 0. The Hall–Kier alpha value is -2.39. The van der Waals surface area contributed by atoms with E-state index >= 15 is 0 Å². The number of methoxy groups -OCH3 is 1. The lowest BCUT2D eigenvalue weighted by Crippen LogP contribution is -2.40. The number of rotatable bonds is 7. The van der Waals surface area contributed by atoms with Gasteiger partial charge < -0.3 is 14.2 Å². The standard InChI is InChI=1S/C22H27N3O4S2/c1-4-9-25-17-8-7-16(21(28)29-3)11-18(17)31-22(25)23-19(26)13-30-14-20(27)24-10-5-6-15(2)12-24/h4,7-8,11,15H,1,5-6,9-10,12-14H2,2-3H3. The zero-order valence-corrected chi connectivity index (χ0v) is 19.5. The van der Waals surface area contributed by atoms with Crippen LogP contribution < -0.4 is 4.80 Å². The number of ether oxygens (including phenoxy) is 1. The van der Waals surface area contributed by atoms with Gasteiger partial charge in [-0.3, -0.25) is 9.59 Å². The molecule has 2 heterocycles. The maximum Gasteiger partial charge on any atom is 0.337 e. The molecule has 0 bridgehead atoms. The molecule has 1 aromatic carbocycles. The molecule has 0 saturated carbocycles. The van der Waals surface area contributed by atoms with Crippen LogP contribution in [0.25, 0.3) is 10.2 Å². The van der Waals surface area contributed by atoms with Crippen LogP contribution in [0.4, 0.5) is 0 Å². The van der Waals surface area contributed by atoms with Crippen molar-refractivity contribution in [1.29, 1.82) is 0 Å². The van der Waals surface area contributed by atoms with Gasteiger partial charge in [0.2, 0.25) is 5.91 Å². The number of thioether (sulfide) groups is 1. The first-order valence-electron chi connectivity index (χ1n) is 10.2. The van der Waals surface area contributed by atoms with Crippen LogP contribution >= 0.6 is 23.1 Å². The van der Waals surface area contributed by atoms with Crippen molar-refractivity contribution in [2.45, 2.75) is 26.3 Å². The van der Waals surface area contributed by atoms with Gasteiger partial charge in [-0.2, -0.15) is 4.99 Å². The molecule has 2 amide bonds. The van der Waals surface area contributed by atoms with Gasteiger partial charge >= 0.3 is 5.97 Å². The highest BCUT2D eigenvalue weighted by Crippen LogP contribution is 2.20. The second-order valence-electron chi connectivity index (χ2n) is 7.54. The molecule has 1 unspecified atom stereocenters. The van der Waals surface area contributed by atoms with Crippen LogP contribution in [-0.4, -0.2) is 59.0 Å². The van der Waals surface area contributed by atoms with Gasteiger partial charge in [0.05, 0.1) is 34.4 Å². The van der Waals surface area contributed by atoms with Gasteiger partial charge in [-0.15, -0.1) is 18.3 Å². The monoisotopic (exact) mass is 461 g/mol. The van der Waals surface area contributed by atoms with Crippen molar-refractivity contribution in [3.8, 4) is 0 Å². The minimum Gasteiger partial charge on any atom is -0.465 e. The minimum atomic E-state index is -0.413. The summed E-state index contributed by atoms with van der Waals surface area (Å²) in [6.07, 6.45) is 3.94. The van der Waals surface area contributed by atoms with E-state index in [4.69, 9.17) is 4.74 Å². The predicted molar refractivity (Wildman–Crippen MR) is 124 cm³/mol. The third-order valence-electron chi connectivity index (χ3n) is 5.10. The Bertz CT molecular complexity index is 1060. The van der Waals surface area contributed by atoms with Crippen LogP contribution in [0, 0.1) is 5.92 Å². The van der Waals surface area contributed by atoms with Gasteiger partial charge in [0.1, 0.15) is 0 Å². The van der Waals surface area contributed by atoms with Gasteiger partial charge in [0.25, 0.3) is 5.91 Å². The first-order valence-corrected chi connectivity index (χ1v) is 12.2. The Morgan fingerprint density at radius 2 is 2.16 bits per heavy atom. The van der Waals surface area contributed by atoms with E-state index < -0.39 is 5.97 Å². The van der Waals surface area contributed by atoms with Gasteiger partial charge in [0.15, 0.2) is 4.80 Å². The molecule has 0 spiro atoms. The molecule has 7 nitrogen and oxygen atoms in total. The van der Waals surface area contributed by atoms with E-state index in [1.807, 2.05) is 15.5 Å². The summed E-state index contributed by atoms with van der Waals surface area (Å²) in [5.41, 5.74) is 1.31. The highest BCUT2D eigenvalue weighted by molar-refractivity contribution is 8.00. The number of thiazole rings is 1. The molecule has 3 rings (SSSR count). The van der Waals surface area contributed by atoms with Crippen LogP contribution in [0.15, 0.2) is 35.8 Å². The van der Waals surface area contributed by atoms with E-state index in [1.165, 1.54) is 30.2 Å². The molecule has 0 radical (unpaired) electrons. The van der Waals surface area contributed by atoms with Crippen molar-refractivity contribution in [2.24, 2.45) is 10.9 Å². The number of hydrogen-bond acceptors (Lipinski definition) is 6. The van der Waals surface area contributed by atoms with Crippen molar-refractivity contribution < 1.29 is 19.1 Å². The van der Waals surface area contributed by atoms with E-state index in [0.29, 0.717) is 22.8 Å². The number of hydrogen-bond donors (Lipinski definition) is 0. The maximum atomic E-state index is 12.5. The molecule has 1 aromatic heterocycles. The van der Waals surface area contributed by atoms with E-state index in [0.717, 1.165) is 36.1 Å². The smallest absolute Gasteiger partial charge is 0.337 e. The number of likely N-dealkylation sites (tertiary alicyclic amines) is 1. The predicted octanol–water partition coefficient (Wildman–Crippen LogP) is 3.09. The van der Waals surface area contributed by atoms with Crippen molar-refractivity contribution >= 4 is 51.1 Å². The van der Waals surface area contributed by atoms with Crippen LogP contribution in [0.5, 0.6) is 0 Å². The van der Waals surface area contributed by atoms with Crippen molar-refractivity contribution in [2.75, 3.05) is 31.7 Å². The molecule has 1 saturated heterocycles. The number of amides is 2. The Kier molecular flexibility index (Phi) is 8.09. The van der Waals surface area contributed by atoms with Gasteiger partial charge in [-0.1, -0.05) is 24.3 Å². The minimum absolute atomic E-state index is 0.0864. The zero-order chi connectivity index (χ0) is 22.4. The third kappa shape index (κ3) is 5.86. The fraction of sp³-hybridized carbons (Fsp3) is 0.455. The van der Waals surface area contributed by atoms with Crippen molar-refractivity contribution in [1.82, 2.24) is 9.47 Å². The average molecular weight is 462 g/mol. The molecule has 1 aliphatic heterocycles. The number of carbonyl (C=O) groups is 3. The molecule has 2 aromatic rings. The molecule has 1 aliphatic rings. The molecule has 166 valence electrons. The molecule has 0 N–H and O–H groups in total. The summed E-state index contributed by atoms with van der Waals surface area (Å²) in [5.74, 6) is 0.350.